The summed E-state index contributed by atoms with van der Waals surface area (Å²) in [6.45, 7) is 7.51. The minimum atomic E-state index is -0.881. The summed E-state index contributed by atoms with van der Waals surface area (Å²) in [5.74, 6) is 0.355. The summed E-state index contributed by atoms with van der Waals surface area (Å²) in [6.07, 6.45) is 0.997. The molecule has 1 aliphatic rings. The monoisotopic (exact) mass is 344 g/mol. The molecule has 0 bridgehead atoms. The van der Waals surface area contributed by atoms with Crippen LogP contribution in [0, 0.1) is 0 Å². The fourth-order valence-electron chi connectivity index (χ4n) is 2.53. The van der Waals surface area contributed by atoms with E-state index < -0.39 is 5.54 Å². The van der Waals surface area contributed by atoms with Crippen LogP contribution in [0.25, 0.3) is 0 Å². The maximum atomic E-state index is 12.5. The second-order valence-corrected chi connectivity index (χ2v) is 5.77. The first kappa shape index (κ1) is 15.5. The Morgan fingerprint density at radius 2 is 2.30 bits per heavy atom. The molecule has 6 heteroatoms. The summed E-state index contributed by atoms with van der Waals surface area (Å²) >= 11 is 3.30. The first-order valence-corrected chi connectivity index (χ1v) is 7.77. The topological polar surface area (TPSA) is 54.7 Å². The zero-order chi connectivity index (χ0) is 14.6. The number of nitrogens with zero attached hydrogens (tertiary/aromatic N) is 1. The third-order valence-corrected chi connectivity index (χ3v) is 4.12. The lowest BCUT2D eigenvalue weighted by molar-refractivity contribution is -0.159. The van der Waals surface area contributed by atoms with Gasteiger partial charge in [0.05, 0.1) is 6.61 Å². The lowest BCUT2D eigenvalue weighted by atomic mass is 9.96. The molecule has 112 valence electrons. The minimum Gasteiger partial charge on any atom is -0.464 e. The molecule has 1 aromatic rings. The van der Waals surface area contributed by atoms with Gasteiger partial charge in [-0.15, -0.1) is 0 Å². The van der Waals surface area contributed by atoms with E-state index in [1.807, 2.05) is 26.0 Å². The SMILES string of the molecule is CCOC(=O)C(C)(c1ccc(Br)o1)N1CCCNCC1. The van der Waals surface area contributed by atoms with Crippen LogP contribution in [0.4, 0.5) is 0 Å². The average Bonchev–Trinajstić information content (AvgIpc) is 2.70. The predicted molar refractivity (Wildman–Crippen MR) is 79.5 cm³/mol. The van der Waals surface area contributed by atoms with Gasteiger partial charge in [-0.3, -0.25) is 4.90 Å². The van der Waals surface area contributed by atoms with Crippen molar-refractivity contribution in [2.45, 2.75) is 25.8 Å². The van der Waals surface area contributed by atoms with Gasteiger partial charge < -0.3 is 14.5 Å². The van der Waals surface area contributed by atoms with Crippen LogP contribution in [0.3, 0.4) is 0 Å². The van der Waals surface area contributed by atoms with E-state index in [0.29, 0.717) is 17.0 Å². The average molecular weight is 345 g/mol. The maximum absolute atomic E-state index is 12.5. The highest BCUT2D eigenvalue weighted by Gasteiger charge is 2.45. The Labute approximate surface area is 127 Å². The van der Waals surface area contributed by atoms with Gasteiger partial charge in [0.1, 0.15) is 5.76 Å². The van der Waals surface area contributed by atoms with E-state index >= 15 is 0 Å². The van der Waals surface area contributed by atoms with Crippen molar-refractivity contribution < 1.29 is 13.9 Å². The van der Waals surface area contributed by atoms with Crippen molar-refractivity contribution in [3.63, 3.8) is 0 Å². The molecule has 1 aromatic heterocycles. The van der Waals surface area contributed by atoms with Crippen molar-refractivity contribution >= 4 is 21.9 Å². The molecule has 2 rings (SSSR count). The van der Waals surface area contributed by atoms with Gasteiger partial charge in [0.25, 0.3) is 0 Å². The molecule has 1 fully saturated rings. The molecule has 0 saturated carbocycles. The Balaban J connectivity index is 2.34. The number of halogens is 1. The van der Waals surface area contributed by atoms with Crippen LogP contribution in [0.15, 0.2) is 21.2 Å². The molecular formula is C14H21BrN2O3. The summed E-state index contributed by atoms with van der Waals surface area (Å²) in [5.41, 5.74) is -0.881. The molecule has 1 atom stereocenters. The quantitative estimate of drug-likeness (QED) is 0.848. The number of furan rings is 1. The standard InChI is InChI=1S/C14H21BrN2O3/c1-3-19-13(18)14(2,11-5-6-12(15)20-11)17-9-4-7-16-8-10-17/h5-6,16H,3-4,7-10H2,1-2H3. The van der Waals surface area contributed by atoms with Gasteiger partial charge in [-0.25, -0.2) is 4.79 Å². The number of ether oxygens (including phenoxy) is 1. The molecule has 20 heavy (non-hydrogen) atoms. The number of carbonyl (C=O) groups is 1. The minimum absolute atomic E-state index is 0.260. The fraction of sp³-hybridized carbons (Fsp3) is 0.643. The highest BCUT2D eigenvalue weighted by Crippen LogP contribution is 2.33. The van der Waals surface area contributed by atoms with Gasteiger partial charge in [0.2, 0.25) is 0 Å². The van der Waals surface area contributed by atoms with Crippen LogP contribution >= 0.6 is 15.9 Å². The second-order valence-electron chi connectivity index (χ2n) is 4.99. The molecule has 1 N–H and O–H groups in total. The molecule has 0 aromatic carbocycles. The van der Waals surface area contributed by atoms with Crippen LogP contribution < -0.4 is 5.32 Å². The molecule has 0 radical (unpaired) electrons. The van der Waals surface area contributed by atoms with Crippen LogP contribution in [-0.4, -0.2) is 43.7 Å². The summed E-state index contributed by atoms with van der Waals surface area (Å²) in [7, 11) is 0. The third-order valence-electron chi connectivity index (χ3n) is 3.70. The smallest absolute Gasteiger partial charge is 0.334 e. The lowest BCUT2D eigenvalue weighted by Crippen LogP contribution is -2.51. The summed E-state index contributed by atoms with van der Waals surface area (Å²) in [4.78, 5) is 14.7. The van der Waals surface area contributed by atoms with Crippen LogP contribution in [0.5, 0.6) is 0 Å². The number of rotatable bonds is 4. The predicted octanol–water partition coefficient (Wildman–Crippen LogP) is 2.12. The summed E-state index contributed by atoms with van der Waals surface area (Å²) in [5, 5.41) is 3.34. The summed E-state index contributed by atoms with van der Waals surface area (Å²) in [6, 6.07) is 3.64. The molecule has 1 aliphatic heterocycles. The lowest BCUT2D eigenvalue weighted by Gasteiger charge is -2.36. The molecular weight excluding hydrogens is 324 g/mol. The number of nitrogens with one attached hydrogen (secondary N) is 1. The number of hydrogen-bond acceptors (Lipinski definition) is 5. The molecule has 5 nitrogen and oxygen atoms in total. The Morgan fingerprint density at radius 3 is 2.95 bits per heavy atom. The zero-order valence-electron chi connectivity index (χ0n) is 11.9. The Morgan fingerprint density at radius 1 is 1.50 bits per heavy atom. The maximum Gasteiger partial charge on any atom is 0.334 e. The molecule has 0 spiro atoms. The van der Waals surface area contributed by atoms with E-state index in [4.69, 9.17) is 9.15 Å². The molecule has 2 heterocycles. The van der Waals surface area contributed by atoms with Crippen LogP contribution in [-0.2, 0) is 15.1 Å². The van der Waals surface area contributed by atoms with Crippen LogP contribution in [0.1, 0.15) is 26.0 Å². The van der Waals surface area contributed by atoms with E-state index in [9.17, 15) is 4.79 Å². The van der Waals surface area contributed by atoms with E-state index in [0.717, 1.165) is 32.6 Å². The zero-order valence-corrected chi connectivity index (χ0v) is 13.5. The second kappa shape index (κ2) is 6.74. The summed E-state index contributed by atoms with van der Waals surface area (Å²) < 4.78 is 11.6. The van der Waals surface area contributed by atoms with Crippen LogP contribution in [0.2, 0.25) is 0 Å². The van der Waals surface area contributed by atoms with E-state index in [2.05, 4.69) is 26.1 Å². The van der Waals surface area contributed by atoms with E-state index in [1.54, 1.807) is 0 Å². The number of esters is 1. The molecule has 0 amide bonds. The van der Waals surface area contributed by atoms with Gasteiger partial charge in [-0.1, -0.05) is 0 Å². The highest BCUT2D eigenvalue weighted by atomic mass is 79.9. The first-order valence-electron chi connectivity index (χ1n) is 6.98. The Bertz CT molecular complexity index is 455. The van der Waals surface area contributed by atoms with E-state index in [1.165, 1.54) is 0 Å². The van der Waals surface area contributed by atoms with Crippen molar-refractivity contribution in [2.24, 2.45) is 0 Å². The third kappa shape index (κ3) is 3.07. The van der Waals surface area contributed by atoms with Crippen molar-refractivity contribution in [3.8, 4) is 0 Å². The van der Waals surface area contributed by atoms with Gasteiger partial charge in [0, 0.05) is 19.6 Å². The Kier molecular flexibility index (Phi) is 5.23. The van der Waals surface area contributed by atoms with Crippen molar-refractivity contribution in [1.82, 2.24) is 10.2 Å². The van der Waals surface area contributed by atoms with Crippen molar-refractivity contribution in [1.29, 1.82) is 0 Å². The molecule has 1 unspecified atom stereocenters. The van der Waals surface area contributed by atoms with E-state index in [-0.39, 0.29) is 5.97 Å². The molecule has 0 aliphatic carbocycles. The van der Waals surface area contributed by atoms with Gasteiger partial charge >= 0.3 is 5.97 Å². The van der Waals surface area contributed by atoms with Gasteiger partial charge in [-0.2, -0.15) is 0 Å². The Hall–Kier alpha value is -0.850. The largest absolute Gasteiger partial charge is 0.464 e. The van der Waals surface area contributed by atoms with Gasteiger partial charge in [-0.05, 0) is 54.9 Å². The number of carbonyl (C=O) groups excluding carboxylic acids is 1. The van der Waals surface area contributed by atoms with Crippen molar-refractivity contribution in [3.05, 3.63) is 22.6 Å². The normalized spacial score (nSPS) is 20.1. The number of hydrogen-bond donors (Lipinski definition) is 1. The van der Waals surface area contributed by atoms with Gasteiger partial charge in [0.15, 0.2) is 10.2 Å². The highest BCUT2D eigenvalue weighted by molar-refractivity contribution is 9.10. The first-order chi connectivity index (χ1) is 9.59. The molecule has 1 saturated heterocycles. The fourth-order valence-corrected chi connectivity index (χ4v) is 2.83. The van der Waals surface area contributed by atoms with Crippen molar-refractivity contribution in [2.75, 3.05) is 32.8 Å².